The first kappa shape index (κ1) is 39.9. The number of carbonyl (C=O) groups is 1. The first-order valence-electron chi connectivity index (χ1n) is 18.6. The van der Waals surface area contributed by atoms with E-state index in [1.54, 1.807) is 29.9 Å². The average Bonchev–Trinajstić information content (AvgIpc) is 3.59. The summed E-state index contributed by atoms with van der Waals surface area (Å²) in [6.45, 7) is 5.83. The second-order valence-corrected chi connectivity index (χ2v) is 17.8. The van der Waals surface area contributed by atoms with Crippen molar-refractivity contribution in [2.45, 2.75) is 107 Å². The van der Waals surface area contributed by atoms with Crippen LogP contribution in [-0.2, 0) is 20.7 Å². The van der Waals surface area contributed by atoms with Crippen LogP contribution in [0.15, 0.2) is 22.8 Å². The second kappa shape index (κ2) is 16.5. The molecule has 0 unspecified atom stereocenters. The van der Waals surface area contributed by atoms with Gasteiger partial charge in [0.05, 0.1) is 25.6 Å². The van der Waals surface area contributed by atoms with Crippen LogP contribution in [0.1, 0.15) is 64.9 Å². The predicted octanol–water partition coefficient (Wildman–Crippen LogP) is 2.79. The molecule has 1 aromatic carbocycles. The van der Waals surface area contributed by atoms with Gasteiger partial charge >= 0.3 is 5.97 Å². The maximum Gasteiger partial charge on any atom is 0.306 e. The number of hydrogen-bond acceptors (Lipinski definition) is 15. The van der Waals surface area contributed by atoms with Gasteiger partial charge in [-0.05, 0) is 75.0 Å². The van der Waals surface area contributed by atoms with Crippen molar-refractivity contribution in [2.75, 3.05) is 44.5 Å². The van der Waals surface area contributed by atoms with Crippen LogP contribution < -0.4 is 14.8 Å². The molecule has 292 valence electrons. The van der Waals surface area contributed by atoms with Crippen LogP contribution in [0.4, 0.5) is 0 Å². The zero-order chi connectivity index (χ0) is 37.3. The van der Waals surface area contributed by atoms with E-state index in [2.05, 4.69) is 19.2 Å². The standard InChI is InChI=1S/C37H55NO12S2/c1-4-46-28(42)10-7-22-15-23-11-13-47-30(23)32-31(22)49-34-37(45)29-24(6-9-27(41)26(29)17-39)16-36(44,33(37)43)35(19-40,50-34)20-52-51-18-25(8-5-21(2)3)38-12-14-48-32/h11,13,15,21,24-27,29,33-34,38-41,43-45H,4-10,12,14,16-20H2,1-3H3/t24-,25-,26-,27+,29-,33+,34+,35+,36+,37+/m1/s1. The Morgan fingerprint density at radius 3 is 2.69 bits per heavy atom. The van der Waals surface area contributed by atoms with Gasteiger partial charge in [0.1, 0.15) is 23.9 Å². The van der Waals surface area contributed by atoms with Gasteiger partial charge in [0.15, 0.2) is 16.9 Å². The molecule has 3 heterocycles. The van der Waals surface area contributed by atoms with Gasteiger partial charge in [-0.1, -0.05) is 35.4 Å². The van der Waals surface area contributed by atoms with Crippen molar-refractivity contribution in [2.24, 2.45) is 23.7 Å². The van der Waals surface area contributed by atoms with Crippen molar-refractivity contribution in [1.82, 2.24) is 5.32 Å². The molecule has 0 spiro atoms. The molecule has 4 aliphatic rings. The number of hydrogen-bond donors (Lipinski definition) is 7. The largest absolute Gasteiger partial charge is 0.485 e. The summed E-state index contributed by atoms with van der Waals surface area (Å²) in [6.07, 6.45) is -0.322. The van der Waals surface area contributed by atoms with Crippen molar-refractivity contribution in [3.8, 4) is 11.5 Å². The number of furan rings is 1. The Morgan fingerprint density at radius 1 is 1.15 bits per heavy atom. The van der Waals surface area contributed by atoms with Crippen molar-refractivity contribution in [3.05, 3.63) is 24.0 Å². The lowest BCUT2D eigenvalue weighted by Gasteiger charge is -2.67. The summed E-state index contributed by atoms with van der Waals surface area (Å²) in [5.41, 5.74) is -5.40. The number of benzene rings is 1. The lowest BCUT2D eigenvalue weighted by atomic mass is 9.49. The number of rotatable bonds is 9. The van der Waals surface area contributed by atoms with Gasteiger partial charge in [0, 0.05) is 54.3 Å². The Labute approximate surface area is 312 Å². The molecule has 52 heavy (non-hydrogen) atoms. The molecule has 10 atom stereocenters. The summed E-state index contributed by atoms with van der Waals surface area (Å²) in [4.78, 5) is 12.6. The zero-order valence-electron chi connectivity index (χ0n) is 30.2. The SMILES string of the molecule is CCOC(=O)CCc1cc2ccoc2c2c1O[C@H]1O[C@@](CO)(CSSC[C@@H](CCC(C)C)NCCO2)[C@]2(O)C[C@H]3CC[C@H](O)[C@@H](CO)[C@@H]3[C@]1(O)[C@H]2O. The Morgan fingerprint density at radius 2 is 1.96 bits per heavy atom. The van der Waals surface area contributed by atoms with Crippen LogP contribution >= 0.6 is 21.6 Å². The topological polar surface area (TPSA) is 201 Å². The fourth-order valence-corrected chi connectivity index (χ4v) is 11.7. The van der Waals surface area contributed by atoms with Crippen molar-refractivity contribution >= 4 is 38.5 Å². The molecule has 15 heteroatoms. The molecular formula is C37H55NO12S2. The Hall–Kier alpha value is -1.79. The number of ether oxygens (including phenoxy) is 4. The van der Waals surface area contributed by atoms with Crippen LogP contribution in [0, 0.1) is 23.7 Å². The quantitative estimate of drug-likeness (QED) is 0.145. The number of esters is 1. The molecule has 2 saturated carbocycles. The van der Waals surface area contributed by atoms with Gasteiger partial charge in [0.2, 0.25) is 12.0 Å². The molecular weight excluding hydrogens is 715 g/mol. The highest BCUT2D eigenvalue weighted by Gasteiger charge is 2.77. The highest BCUT2D eigenvalue weighted by Crippen LogP contribution is 2.61. The number of aliphatic hydroxyl groups is 6. The molecule has 6 rings (SSSR count). The number of fused-ring (bicyclic) bond motifs is 11. The molecule has 2 aliphatic carbocycles. The van der Waals surface area contributed by atoms with E-state index in [0.717, 1.165) is 12.8 Å². The van der Waals surface area contributed by atoms with Gasteiger partial charge in [-0.2, -0.15) is 0 Å². The van der Waals surface area contributed by atoms with Crippen LogP contribution in [0.2, 0.25) is 0 Å². The molecule has 4 bridgehead atoms. The highest BCUT2D eigenvalue weighted by atomic mass is 33.1. The van der Waals surface area contributed by atoms with E-state index < -0.39 is 72.2 Å². The van der Waals surface area contributed by atoms with E-state index in [-0.39, 0.29) is 55.8 Å². The second-order valence-electron chi connectivity index (χ2n) is 15.3. The van der Waals surface area contributed by atoms with E-state index >= 15 is 0 Å². The first-order valence-corrected chi connectivity index (χ1v) is 21.1. The van der Waals surface area contributed by atoms with Crippen molar-refractivity contribution in [1.29, 1.82) is 0 Å². The summed E-state index contributed by atoms with van der Waals surface area (Å²) >= 11 is 0. The summed E-state index contributed by atoms with van der Waals surface area (Å²) in [5.74, 6) is -1.12. The van der Waals surface area contributed by atoms with Crippen LogP contribution in [-0.4, -0.2) is 122 Å². The molecule has 1 saturated heterocycles. The molecule has 0 amide bonds. The Kier molecular flexibility index (Phi) is 12.7. The molecule has 7 N–H and O–H groups in total. The van der Waals surface area contributed by atoms with Gasteiger partial charge < -0.3 is 59.3 Å². The molecule has 3 fully saturated rings. The third kappa shape index (κ3) is 7.31. The maximum atomic E-state index is 12.9. The minimum absolute atomic E-state index is 0.00215. The summed E-state index contributed by atoms with van der Waals surface area (Å²) in [6, 6.07) is 3.70. The summed E-state index contributed by atoms with van der Waals surface area (Å²) in [5, 5.41) is 74.8. The van der Waals surface area contributed by atoms with Crippen LogP contribution in [0.3, 0.4) is 0 Å². The maximum absolute atomic E-state index is 12.9. The minimum Gasteiger partial charge on any atom is -0.485 e. The van der Waals surface area contributed by atoms with Gasteiger partial charge in [-0.15, -0.1) is 0 Å². The highest BCUT2D eigenvalue weighted by molar-refractivity contribution is 8.76. The zero-order valence-corrected chi connectivity index (χ0v) is 31.8. The van der Waals surface area contributed by atoms with E-state index in [0.29, 0.717) is 47.6 Å². The molecule has 2 aliphatic heterocycles. The van der Waals surface area contributed by atoms with E-state index in [4.69, 9.17) is 23.4 Å². The minimum atomic E-state index is -2.37. The number of carbonyl (C=O) groups excluding carboxylic acids is 1. The molecule has 1 aromatic heterocycles. The smallest absolute Gasteiger partial charge is 0.306 e. The Bertz CT molecular complexity index is 1530. The number of nitrogens with one attached hydrogen (secondary N) is 1. The normalized spacial score (nSPS) is 36.8. The fourth-order valence-electron chi connectivity index (χ4n) is 8.85. The van der Waals surface area contributed by atoms with E-state index in [1.807, 2.05) is 0 Å². The fraction of sp³-hybridized carbons (Fsp3) is 0.757. The predicted molar refractivity (Wildman–Crippen MR) is 196 cm³/mol. The number of aliphatic hydroxyl groups excluding tert-OH is 4. The first-order chi connectivity index (χ1) is 24.9. The van der Waals surface area contributed by atoms with Crippen molar-refractivity contribution < 1.29 is 58.8 Å². The molecule has 2 aromatic rings. The summed E-state index contributed by atoms with van der Waals surface area (Å²) < 4.78 is 31.0. The molecule has 13 nitrogen and oxygen atoms in total. The van der Waals surface area contributed by atoms with Crippen LogP contribution in [0.25, 0.3) is 11.0 Å². The lowest BCUT2D eigenvalue weighted by molar-refractivity contribution is -0.421. The number of aryl methyl sites for hydroxylation is 1. The lowest BCUT2D eigenvalue weighted by Crippen LogP contribution is -2.85. The Balaban J connectivity index is 1.50. The third-order valence-corrected chi connectivity index (χ3v) is 14.2. The van der Waals surface area contributed by atoms with Gasteiger partial charge in [-0.3, -0.25) is 4.79 Å². The van der Waals surface area contributed by atoms with E-state index in [1.165, 1.54) is 17.1 Å². The third-order valence-electron chi connectivity index (χ3n) is 11.6. The van der Waals surface area contributed by atoms with Gasteiger partial charge in [0.25, 0.3) is 0 Å². The van der Waals surface area contributed by atoms with Crippen molar-refractivity contribution in [3.63, 3.8) is 0 Å². The monoisotopic (exact) mass is 769 g/mol. The van der Waals surface area contributed by atoms with E-state index in [9.17, 15) is 35.4 Å². The summed E-state index contributed by atoms with van der Waals surface area (Å²) in [7, 11) is 2.98. The molecule has 0 radical (unpaired) electrons. The van der Waals surface area contributed by atoms with Crippen LogP contribution in [0.5, 0.6) is 11.5 Å². The van der Waals surface area contributed by atoms with Gasteiger partial charge in [-0.25, -0.2) is 0 Å². The average molecular weight is 770 g/mol.